The zero-order valence-electron chi connectivity index (χ0n) is 10.0. The van der Waals surface area contributed by atoms with Gasteiger partial charge in [0.25, 0.3) is 0 Å². The highest BCUT2D eigenvalue weighted by molar-refractivity contribution is 4.90. The molecule has 5 heteroatoms. The van der Waals surface area contributed by atoms with Gasteiger partial charge in [0, 0.05) is 25.6 Å². The molecule has 0 amide bonds. The van der Waals surface area contributed by atoms with Crippen LogP contribution in [0.2, 0.25) is 0 Å². The SMILES string of the molecule is Cc1nc(CN2C(C)CCCC2CN)no1. The second kappa shape index (κ2) is 4.93. The maximum absolute atomic E-state index is 5.81. The van der Waals surface area contributed by atoms with Crippen LogP contribution in [0.1, 0.15) is 37.9 Å². The Hall–Kier alpha value is -0.940. The normalized spacial score (nSPS) is 27.2. The maximum atomic E-state index is 5.81. The Balaban J connectivity index is 2.05. The minimum Gasteiger partial charge on any atom is -0.340 e. The maximum Gasteiger partial charge on any atom is 0.223 e. The third-order valence-corrected chi connectivity index (χ3v) is 3.36. The number of aromatic nitrogens is 2. The summed E-state index contributed by atoms with van der Waals surface area (Å²) in [7, 11) is 0. The highest BCUT2D eigenvalue weighted by Gasteiger charge is 2.27. The topological polar surface area (TPSA) is 68.2 Å². The van der Waals surface area contributed by atoms with E-state index < -0.39 is 0 Å². The van der Waals surface area contributed by atoms with E-state index in [1.807, 2.05) is 6.92 Å². The lowest BCUT2D eigenvalue weighted by Crippen LogP contribution is -2.48. The van der Waals surface area contributed by atoms with Gasteiger partial charge in [0.1, 0.15) is 0 Å². The average molecular weight is 224 g/mol. The van der Waals surface area contributed by atoms with Crippen LogP contribution in [0.15, 0.2) is 4.52 Å². The van der Waals surface area contributed by atoms with Gasteiger partial charge in [0.05, 0.1) is 6.54 Å². The molecule has 1 aliphatic rings. The summed E-state index contributed by atoms with van der Waals surface area (Å²) in [5, 5.41) is 3.94. The summed E-state index contributed by atoms with van der Waals surface area (Å²) in [6, 6.07) is 1.02. The van der Waals surface area contributed by atoms with Crippen LogP contribution < -0.4 is 5.73 Å². The lowest BCUT2D eigenvalue weighted by Gasteiger charge is -2.39. The molecule has 1 fully saturated rings. The number of aryl methyl sites for hydroxylation is 1. The fourth-order valence-electron chi connectivity index (χ4n) is 2.45. The highest BCUT2D eigenvalue weighted by Crippen LogP contribution is 2.23. The van der Waals surface area contributed by atoms with E-state index in [0.717, 1.165) is 12.4 Å². The first-order valence-electron chi connectivity index (χ1n) is 5.95. The van der Waals surface area contributed by atoms with Crippen LogP contribution in [0, 0.1) is 6.92 Å². The predicted octanol–water partition coefficient (Wildman–Crippen LogP) is 1.08. The molecular weight excluding hydrogens is 204 g/mol. The van der Waals surface area contributed by atoms with Crippen molar-refractivity contribution in [2.24, 2.45) is 5.73 Å². The zero-order chi connectivity index (χ0) is 11.5. The molecule has 90 valence electrons. The van der Waals surface area contributed by atoms with E-state index in [0.29, 0.717) is 24.5 Å². The van der Waals surface area contributed by atoms with Crippen molar-refractivity contribution in [2.45, 2.75) is 51.7 Å². The van der Waals surface area contributed by atoms with E-state index in [1.165, 1.54) is 19.3 Å². The molecule has 2 atom stereocenters. The Labute approximate surface area is 96.0 Å². The molecule has 5 nitrogen and oxygen atoms in total. The van der Waals surface area contributed by atoms with E-state index >= 15 is 0 Å². The minimum atomic E-state index is 0.461. The van der Waals surface area contributed by atoms with Gasteiger partial charge in [-0.3, -0.25) is 4.90 Å². The Kier molecular flexibility index (Phi) is 3.56. The third kappa shape index (κ3) is 2.41. The van der Waals surface area contributed by atoms with Crippen molar-refractivity contribution in [1.29, 1.82) is 0 Å². The minimum absolute atomic E-state index is 0.461. The van der Waals surface area contributed by atoms with E-state index in [-0.39, 0.29) is 0 Å². The largest absolute Gasteiger partial charge is 0.340 e. The van der Waals surface area contributed by atoms with E-state index in [2.05, 4.69) is 22.0 Å². The molecule has 1 aromatic heterocycles. The van der Waals surface area contributed by atoms with Gasteiger partial charge in [-0.05, 0) is 19.8 Å². The summed E-state index contributed by atoms with van der Waals surface area (Å²) in [4.78, 5) is 6.64. The lowest BCUT2D eigenvalue weighted by molar-refractivity contribution is 0.0854. The molecule has 0 radical (unpaired) electrons. The third-order valence-electron chi connectivity index (χ3n) is 3.36. The van der Waals surface area contributed by atoms with Crippen molar-refractivity contribution in [3.05, 3.63) is 11.7 Å². The van der Waals surface area contributed by atoms with E-state index in [1.54, 1.807) is 0 Å². The number of hydrogen-bond acceptors (Lipinski definition) is 5. The number of rotatable bonds is 3. The molecular formula is C11H20N4O. The van der Waals surface area contributed by atoms with Crippen LogP contribution in [0.5, 0.6) is 0 Å². The number of hydrogen-bond donors (Lipinski definition) is 1. The van der Waals surface area contributed by atoms with Gasteiger partial charge < -0.3 is 10.3 Å². The first kappa shape index (κ1) is 11.5. The molecule has 0 saturated carbocycles. The van der Waals surface area contributed by atoms with Gasteiger partial charge in [0.2, 0.25) is 5.89 Å². The Morgan fingerprint density at radius 1 is 1.50 bits per heavy atom. The standard InChI is InChI=1S/C11H20N4O/c1-8-4-3-5-10(6-12)15(8)7-11-13-9(2)16-14-11/h8,10H,3-7,12H2,1-2H3. The fraction of sp³-hybridized carbons (Fsp3) is 0.818. The molecule has 0 bridgehead atoms. The van der Waals surface area contributed by atoms with Crippen LogP contribution in [-0.2, 0) is 6.54 Å². The Morgan fingerprint density at radius 2 is 2.31 bits per heavy atom. The molecule has 0 aromatic carbocycles. The van der Waals surface area contributed by atoms with Crippen LogP contribution in [-0.4, -0.2) is 33.7 Å². The van der Waals surface area contributed by atoms with Gasteiger partial charge in [-0.15, -0.1) is 0 Å². The van der Waals surface area contributed by atoms with Crippen LogP contribution in [0.25, 0.3) is 0 Å². The summed E-state index contributed by atoms with van der Waals surface area (Å²) >= 11 is 0. The first-order valence-corrected chi connectivity index (χ1v) is 5.95. The van der Waals surface area contributed by atoms with Crippen molar-refractivity contribution in [3.8, 4) is 0 Å². The summed E-state index contributed by atoms with van der Waals surface area (Å²) in [6.07, 6.45) is 3.68. The van der Waals surface area contributed by atoms with Gasteiger partial charge in [0.15, 0.2) is 5.82 Å². The lowest BCUT2D eigenvalue weighted by atomic mass is 9.96. The molecule has 16 heavy (non-hydrogen) atoms. The summed E-state index contributed by atoms with van der Waals surface area (Å²) < 4.78 is 4.99. The average Bonchev–Trinajstić information content (AvgIpc) is 2.67. The molecule has 2 heterocycles. The highest BCUT2D eigenvalue weighted by atomic mass is 16.5. The molecule has 2 N–H and O–H groups in total. The summed E-state index contributed by atoms with van der Waals surface area (Å²) in [5.41, 5.74) is 5.81. The van der Waals surface area contributed by atoms with Gasteiger partial charge in [-0.1, -0.05) is 11.6 Å². The van der Waals surface area contributed by atoms with Crippen LogP contribution in [0.4, 0.5) is 0 Å². The second-order valence-corrected chi connectivity index (χ2v) is 4.57. The molecule has 1 aliphatic heterocycles. The number of nitrogens with two attached hydrogens (primary N) is 1. The van der Waals surface area contributed by atoms with Crippen molar-refractivity contribution in [2.75, 3.05) is 6.54 Å². The monoisotopic (exact) mass is 224 g/mol. The quantitative estimate of drug-likeness (QED) is 0.832. The Morgan fingerprint density at radius 3 is 2.94 bits per heavy atom. The van der Waals surface area contributed by atoms with Gasteiger partial charge in [-0.25, -0.2) is 0 Å². The van der Waals surface area contributed by atoms with Crippen molar-refractivity contribution in [3.63, 3.8) is 0 Å². The first-order chi connectivity index (χ1) is 7.70. The smallest absolute Gasteiger partial charge is 0.223 e. The van der Waals surface area contributed by atoms with Gasteiger partial charge in [-0.2, -0.15) is 4.98 Å². The van der Waals surface area contributed by atoms with Crippen molar-refractivity contribution in [1.82, 2.24) is 15.0 Å². The molecule has 0 aliphatic carbocycles. The van der Waals surface area contributed by atoms with Crippen LogP contribution >= 0.6 is 0 Å². The van der Waals surface area contributed by atoms with E-state index in [9.17, 15) is 0 Å². The fourth-order valence-corrected chi connectivity index (χ4v) is 2.45. The van der Waals surface area contributed by atoms with E-state index in [4.69, 9.17) is 10.3 Å². The molecule has 1 saturated heterocycles. The Bertz CT molecular complexity index is 338. The number of piperidine rings is 1. The predicted molar refractivity (Wildman–Crippen MR) is 60.7 cm³/mol. The van der Waals surface area contributed by atoms with Crippen LogP contribution in [0.3, 0.4) is 0 Å². The van der Waals surface area contributed by atoms with Crippen molar-refractivity contribution >= 4 is 0 Å². The second-order valence-electron chi connectivity index (χ2n) is 4.57. The molecule has 1 aromatic rings. The zero-order valence-corrected chi connectivity index (χ0v) is 10.0. The van der Waals surface area contributed by atoms with Crippen molar-refractivity contribution < 1.29 is 4.52 Å². The molecule has 2 unspecified atom stereocenters. The number of likely N-dealkylation sites (tertiary alicyclic amines) is 1. The van der Waals surface area contributed by atoms with Gasteiger partial charge >= 0.3 is 0 Å². The molecule has 0 spiro atoms. The number of nitrogens with zero attached hydrogens (tertiary/aromatic N) is 3. The summed E-state index contributed by atoms with van der Waals surface area (Å²) in [6.45, 7) is 5.52. The summed E-state index contributed by atoms with van der Waals surface area (Å²) in [5.74, 6) is 1.40. The molecule has 2 rings (SSSR count).